The molecule has 27 heavy (non-hydrogen) atoms. The summed E-state index contributed by atoms with van der Waals surface area (Å²) in [6.45, 7) is 0.319. The van der Waals surface area contributed by atoms with Crippen LogP contribution in [-0.4, -0.2) is 11.6 Å². The number of nitrogens with two attached hydrogens (primary N) is 1. The summed E-state index contributed by atoms with van der Waals surface area (Å²) in [5, 5.41) is 3.31. The van der Waals surface area contributed by atoms with Gasteiger partial charge in [-0.2, -0.15) is 0 Å². The van der Waals surface area contributed by atoms with Crippen LogP contribution in [0, 0.1) is 11.8 Å². The lowest BCUT2D eigenvalue weighted by atomic mass is 9.65. The summed E-state index contributed by atoms with van der Waals surface area (Å²) < 4.78 is 5.53. The number of nitrogen functional groups attached to an aromatic ring is 1. The molecule has 4 aliphatic carbocycles. The first-order valence-corrected chi connectivity index (χ1v) is 9.92. The van der Waals surface area contributed by atoms with Gasteiger partial charge in [-0.1, -0.05) is 42.5 Å². The van der Waals surface area contributed by atoms with Gasteiger partial charge >= 0.3 is 6.09 Å². The van der Waals surface area contributed by atoms with Crippen LogP contribution in [0.5, 0.6) is 0 Å². The van der Waals surface area contributed by atoms with Crippen LogP contribution in [0.1, 0.15) is 43.2 Å². The normalized spacial score (nSPS) is 33.2. The molecule has 4 unspecified atom stereocenters. The SMILES string of the molecule is Nc1ccc(C23CC4CC(C2)C(NC(=O)OCc2ccccc2)(C4)C3)cc1. The molecule has 0 aliphatic heterocycles. The first kappa shape index (κ1) is 16.7. The summed E-state index contributed by atoms with van der Waals surface area (Å²) in [5.41, 5.74) is 9.18. The number of ether oxygens (including phenoxy) is 1. The molecule has 2 aromatic rings. The van der Waals surface area contributed by atoms with E-state index < -0.39 is 0 Å². The molecule has 4 saturated carbocycles. The van der Waals surface area contributed by atoms with Crippen LogP contribution in [0.4, 0.5) is 10.5 Å². The van der Waals surface area contributed by atoms with Gasteiger partial charge in [-0.05, 0) is 72.6 Å². The summed E-state index contributed by atoms with van der Waals surface area (Å²) >= 11 is 0. The predicted molar refractivity (Wildman–Crippen MR) is 105 cm³/mol. The summed E-state index contributed by atoms with van der Waals surface area (Å²) in [5.74, 6) is 1.25. The lowest BCUT2D eigenvalue weighted by molar-refractivity contribution is 0.117. The van der Waals surface area contributed by atoms with Crippen molar-refractivity contribution in [3.8, 4) is 0 Å². The van der Waals surface area contributed by atoms with Crippen LogP contribution < -0.4 is 11.1 Å². The minimum absolute atomic E-state index is 0.0991. The summed E-state index contributed by atoms with van der Waals surface area (Å²) in [6.07, 6.45) is 5.46. The molecule has 6 rings (SSSR count). The molecule has 4 atom stereocenters. The Morgan fingerprint density at radius 1 is 1.07 bits per heavy atom. The molecule has 1 amide bonds. The van der Waals surface area contributed by atoms with Gasteiger partial charge in [0, 0.05) is 11.2 Å². The number of hydrogen-bond acceptors (Lipinski definition) is 3. The maximum absolute atomic E-state index is 12.6. The second kappa shape index (κ2) is 6.01. The molecule has 2 aromatic carbocycles. The van der Waals surface area contributed by atoms with E-state index in [0.717, 1.165) is 30.5 Å². The second-order valence-corrected chi connectivity index (χ2v) is 8.83. The van der Waals surface area contributed by atoms with Crippen molar-refractivity contribution >= 4 is 11.8 Å². The fourth-order valence-electron chi connectivity index (χ4n) is 6.23. The van der Waals surface area contributed by atoms with E-state index in [4.69, 9.17) is 10.5 Å². The highest BCUT2D eigenvalue weighted by Crippen LogP contribution is 2.66. The Morgan fingerprint density at radius 3 is 2.63 bits per heavy atom. The largest absolute Gasteiger partial charge is 0.445 e. The van der Waals surface area contributed by atoms with E-state index in [1.807, 2.05) is 42.5 Å². The third kappa shape index (κ3) is 2.78. The Labute approximate surface area is 160 Å². The second-order valence-electron chi connectivity index (χ2n) is 8.83. The smallest absolute Gasteiger partial charge is 0.407 e. The van der Waals surface area contributed by atoms with Crippen molar-refractivity contribution in [2.75, 3.05) is 5.73 Å². The number of carbonyl (C=O) groups is 1. The fraction of sp³-hybridized carbons (Fsp3) is 0.435. The number of amides is 1. The summed E-state index contributed by atoms with van der Waals surface area (Å²) in [4.78, 5) is 12.6. The highest BCUT2D eigenvalue weighted by atomic mass is 16.5. The molecule has 4 bridgehead atoms. The fourth-order valence-corrected chi connectivity index (χ4v) is 6.23. The lowest BCUT2D eigenvalue weighted by Gasteiger charge is -2.41. The molecule has 4 fully saturated rings. The minimum atomic E-state index is -0.278. The van der Waals surface area contributed by atoms with Crippen molar-refractivity contribution in [2.45, 2.75) is 49.7 Å². The maximum Gasteiger partial charge on any atom is 0.407 e. The number of alkyl carbamates (subject to hydrolysis) is 1. The van der Waals surface area contributed by atoms with Crippen LogP contribution in [-0.2, 0) is 16.8 Å². The van der Waals surface area contributed by atoms with Gasteiger partial charge in [0.15, 0.2) is 0 Å². The number of rotatable bonds is 4. The number of anilines is 1. The van der Waals surface area contributed by atoms with Gasteiger partial charge in [-0.15, -0.1) is 0 Å². The van der Waals surface area contributed by atoms with E-state index in [2.05, 4.69) is 17.4 Å². The molecule has 0 saturated heterocycles. The van der Waals surface area contributed by atoms with Crippen molar-refractivity contribution in [3.05, 3.63) is 65.7 Å². The van der Waals surface area contributed by atoms with Gasteiger partial charge in [0.1, 0.15) is 6.61 Å². The number of carbonyl (C=O) groups excluding carboxylic acids is 1. The quantitative estimate of drug-likeness (QED) is 0.793. The third-order valence-electron chi connectivity index (χ3n) is 7.11. The predicted octanol–water partition coefficient (Wildman–Crippen LogP) is 4.40. The molecule has 0 radical (unpaired) electrons. The topological polar surface area (TPSA) is 64.3 Å². The first-order chi connectivity index (χ1) is 13.1. The van der Waals surface area contributed by atoms with Gasteiger partial charge in [0.05, 0.1) is 0 Å². The van der Waals surface area contributed by atoms with Crippen molar-refractivity contribution < 1.29 is 9.53 Å². The highest BCUT2D eigenvalue weighted by Gasteiger charge is 2.65. The molecule has 4 heteroatoms. The Kier molecular flexibility index (Phi) is 3.71. The Bertz CT molecular complexity index is 850. The summed E-state index contributed by atoms with van der Waals surface area (Å²) in [6, 6.07) is 18.2. The van der Waals surface area contributed by atoms with Crippen molar-refractivity contribution in [1.29, 1.82) is 0 Å². The van der Waals surface area contributed by atoms with E-state index in [1.54, 1.807) is 0 Å². The molecule has 4 nitrogen and oxygen atoms in total. The molecule has 0 spiro atoms. The van der Waals surface area contributed by atoms with Crippen molar-refractivity contribution in [2.24, 2.45) is 11.8 Å². The van der Waals surface area contributed by atoms with Crippen molar-refractivity contribution in [3.63, 3.8) is 0 Å². The Balaban J connectivity index is 1.31. The number of benzene rings is 2. The van der Waals surface area contributed by atoms with Crippen LogP contribution in [0.3, 0.4) is 0 Å². The zero-order valence-electron chi connectivity index (χ0n) is 15.5. The molecule has 140 valence electrons. The van der Waals surface area contributed by atoms with E-state index >= 15 is 0 Å². The van der Waals surface area contributed by atoms with Gasteiger partial charge in [0.25, 0.3) is 0 Å². The van der Waals surface area contributed by atoms with Crippen LogP contribution >= 0.6 is 0 Å². The molecule has 0 heterocycles. The molecular weight excluding hydrogens is 336 g/mol. The van der Waals surface area contributed by atoms with E-state index in [9.17, 15) is 4.79 Å². The van der Waals surface area contributed by atoms with Crippen LogP contribution in [0.25, 0.3) is 0 Å². The standard InChI is InChI=1S/C23H26N2O2/c24-20-8-6-18(7-9-20)22-11-17-10-19(13-22)23(12-17,15-22)25-21(26)27-14-16-4-2-1-3-5-16/h1-9,17,19H,10-15,24H2,(H,25,26). The monoisotopic (exact) mass is 362 g/mol. The highest BCUT2D eigenvalue weighted by molar-refractivity contribution is 5.69. The van der Waals surface area contributed by atoms with Gasteiger partial charge in [-0.25, -0.2) is 4.79 Å². The zero-order valence-corrected chi connectivity index (χ0v) is 15.5. The average Bonchev–Trinajstić information content (AvgIpc) is 3.03. The number of nitrogens with one attached hydrogen (secondary N) is 1. The Morgan fingerprint density at radius 2 is 1.85 bits per heavy atom. The van der Waals surface area contributed by atoms with E-state index in [-0.39, 0.29) is 17.0 Å². The molecule has 0 aromatic heterocycles. The third-order valence-corrected chi connectivity index (χ3v) is 7.11. The molecule has 4 aliphatic rings. The van der Waals surface area contributed by atoms with Crippen LogP contribution in [0.15, 0.2) is 54.6 Å². The van der Waals surface area contributed by atoms with Crippen LogP contribution in [0.2, 0.25) is 0 Å². The van der Waals surface area contributed by atoms with Gasteiger partial charge in [-0.3, -0.25) is 0 Å². The minimum Gasteiger partial charge on any atom is -0.445 e. The van der Waals surface area contributed by atoms with E-state index in [1.165, 1.54) is 18.4 Å². The first-order valence-electron chi connectivity index (χ1n) is 9.92. The maximum atomic E-state index is 12.6. The summed E-state index contributed by atoms with van der Waals surface area (Å²) in [7, 11) is 0. The van der Waals surface area contributed by atoms with Crippen molar-refractivity contribution in [1.82, 2.24) is 5.32 Å². The zero-order chi connectivity index (χ0) is 18.5. The number of hydrogen-bond donors (Lipinski definition) is 2. The Hall–Kier alpha value is -2.49. The van der Waals surface area contributed by atoms with E-state index in [0.29, 0.717) is 18.4 Å². The molecule has 3 N–H and O–H groups in total. The lowest BCUT2D eigenvalue weighted by Crippen LogP contribution is -2.51. The van der Waals surface area contributed by atoms with Gasteiger partial charge < -0.3 is 15.8 Å². The average molecular weight is 362 g/mol. The van der Waals surface area contributed by atoms with Gasteiger partial charge in [0.2, 0.25) is 0 Å². The molecular formula is C23H26N2O2.